The number of hydrogen-bond donors (Lipinski definition) is 1. The molecule has 2 heterocycles. The second kappa shape index (κ2) is 3.20. The molecule has 3 nitrogen and oxygen atoms in total. The Morgan fingerprint density at radius 3 is 2.42 bits per heavy atom. The number of rotatable bonds is 2. The van der Waals surface area contributed by atoms with Crippen LogP contribution in [-0.4, -0.2) is 43.5 Å². The molecule has 2 fully saturated rings. The van der Waals surface area contributed by atoms with Crippen LogP contribution in [0.25, 0.3) is 0 Å². The van der Waals surface area contributed by atoms with Crippen molar-refractivity contribution >= 4 is 21.6 Å². The molecule has 1 N–H and O–H groups in total. The van der Waals surface area contributed by atoms with Gasteiger partial charge in [0.25, 0.3) is 0 Å². The maximum absolute atomic E-state index is 11.1. The Morgan fingerprint density at radius 2 is 2.00 bits per heavy atom. The first-order chi connectivity index (χ1) is 5.66. The van der Waals surface area contributed by atoms with E-state index in [0.29, 0.717) is 17.5 Å². The molecule has 0 aromatic heterocycles. The van der Waals surface area contributed by atoms with Gasteiger partial charge in [-0.15, -0.1) is 0 Å². The van der Waals surface area contributed by atoms with Crippen LogP contribution in [0.1, 0.15) is 6.42 Å². The standard InChI is InChI=1S/C7H13NO2S2/c9-12(10)2-1-6(5-12)8-7-3-11-4-7/h6-8H,1-5H2. The summed E-state index contributed by atoms with van der Waals surface area (Å²) in [5, 5.41) is 3.37. The Kier molecular flexibility index (Phi) is 2.35. The molecule has 0 aliphatic carbocycles. The first-order valence-electron chi connectivity index (χ1n) is 4.20. The van der Waals surface area contributed by atoms with E-state index < -0.39 is 9.84 Å². The quantitative estimate of drug-likeness (QED) is 0.685. The minimum atomic E-state index is -2.69. The molecule has 0 spiro atoms. The lowest BCUT2D eigenvalue weighted by molar-refractivity contribution is 0.492. The molecule has 2 saturated heterocycles. The number of nitrogens with one attached hydrogen (secondary N) is 1. The summed E-state index contributed by atoms with van der Waals surface area (Å²) in [5.74, 6) is 3.03. The van der Waals surface area contributed by atoms with Crippen LogP contribution in [0.2, 0.25) is 0 Å². The van der Waals surface area contributed by atoms with Gasteiger partial charge >= 0.3 is 0 Å². The first-order valence-corrected chi connectivity index (χ1v) is 7.17. The van der Waals surface area contributed by atoms with Crippen LogP contribution >= 0.6 is 11.8 Å². The van der Waals surface area contributed by atoms with E-state index in [0.717, 1.165) is 17.9 Å². The summed E-state index contributed by atoms with van der Waals surface area (Å²) in [6.45, 7) is 0. The predicted octanol–water partition coefficient (Wildman–Crippen LogP) is -0.121. The van der Waals surface area contributed by atoms with Gasteiger partial charge in [0, 0.05) is 23.6 Å². The van der Waals surface area contributed by atoms with E-state index in [-0.39, 0.29) is 6.04 Å². The van der Waals surface area contributed by atoms with Crippen molar-refractivity contribution in [2.24, 2.45) is 0 Å². The topological polar surface area (TPSA) is 46.2 Å². The molecular formula is C7H13NO2S2. The smallest absolute Gasteiger partial charge is 0.151 e. The number of hydrogen-bond acceptors (Lipinski definition) is 4. The molecule has 12 heavy (non-hydrogen) atoms. The molecule has 2 rings (SSSR count). The van der Waals surface area contributed by atoms with Gasteiger partial charge in [-0.1, -0.05) is 0 Å². The van der Waals surface area contributed by atoms with E-state index in [4.69, 9.17) is 0 Å². The average Bonchev–Trinajstić information content (AvgIpc) is 2.21. The van der Waals surface area contributed by atoms with E-state index in [9.17, 15) is 8.42 Å². The van der Waals surface area contributed by atoms with E-state index in [1.54, 1.807) is 0 Å². The van der Waals surface area contributed by atoms with Crippen molar-refractivity contribution in [1.82, 2.24) is 5.32 Å². The zero-order chi connectivity index (χ0) is 8.60. The Bertz CT molecular complexity index is 259. The Labute approximate surface area is 77.2 Å². The van der Waals surface area contributed by atoms with Gasteiger partial charge in [-0.05, 0) is 6.42 Å². The van der Waals surface area contributed by atoms with Crippen molar-refractivity contribution < 1.29 is 8.42 Å². The molecule has 1 atom stereocenters. The average molecular weight is 207 g/mol. The summed E-state index contributed by atoms with van der Waals surface area (Å²) in [6.07, 6.45) is 0.809. The zero-order valence-electron chi connectivity index (χ0n) is 6.82. The molecule has 0 amide bonds. The van der Waals surface area contributed by atoms with Gasteiger partial charge in [-0.25, -0.2) is 8.42 Å². The molecule has 70 valence electrons. The molecule has 0 aromatic carbocycles. The van der Waals surface area contributed by atoms with Crippen LogP contribution in [0.4, 0.5) is 0 Å². The summed E-state index contributed by atoms with van der Waals surface area (Å²) in [4.78, 5) is 0. The van der Waals surface area contributed by atoms with Crippen LogP contribution in [0.3, 0.4) is 0 Å². The highest BCUT2D eigenvalue weighted by Gasteiger charge is 2.30. The Hall–Kier alpha value is 0.260. The molecule has 2 aliphatic heterocycles. The van der Waals surface area contributed by atoms with Gasteiger partial charge in [0.15, 0.2) is 9.84 Å². The normalized spacial score (nSPS) is 34.8. The highest BCUT2D eigenvalue weighted by molar-refractivity contribution is 8.00. The van der Waals surface area contributed by atoms with Crippen LogP contribution in [0.15, 0.2) is 0 Å². The molecule has 0 radical (unpaired) electrons. The van der Waals surface area contributed by atoms with Gasteiger partial charge < -0.3 is 5.32 Å². The molecular weight excluding hydrogens is 194 g/mol. The van der Waals surface area contributed by atoms with Crippen molar-refractivity contribution in [3.8, 4) is 0 Å². The van der Waals surface area contributed by atoms with Gasteiger partial charge in [0.1, 0.15) is 0 Å². The molecule has 0 saturated carbocycles. The molecule has 1 unspecified atom stereocenters. The van der Waals surface area contributed by atoms with Crippen molar-refractivity contribution in [3.05, 3.63) is 0 Å². The summed E-state index contributed by atoms with van der Waals surface area (Å²) in [5.41, 5.74) is 0. The van der Waals surface area contributed by atoms with Gasteiger partial charge in [-0.2, -0.15) is 11.8 Å². The monoisotopic (exact) mass is 207 g/mol. The Morgan fingerprint density at radius 1 is 1.25 bits per heavy atom. The van der Waals surface area contributed by atoms with E-state index in [1.165, 1.54) is 0 Å². The number of thioether (sulfide) groups is 1. The molecule has 5 heteroatoms. The lowest BCUT2D eigenvalue weighted by Gasteiger charge is -2.28. The largest absolute Gasteiger partial charge is 0.309 e. The minimum Gasteiger partial charge on any atom is -0.309 e. The summed E-state index contributed by atoms with van der Waals surface area (Å²) >= 11 is 1.92. The van der Waals surface area contributed by atoms with Gasteiger partial charge in [-0.3, -0.25) is 0 Å². The molecule has 0 bridgehead atoms. The van der Waals surface area contributed by atoms with E-state index in [2.05, 4.69) is 5.32 Å². The van der Waals surface area contributed by atoms with Crippen molar-refractivity contribution in [1.29, 1.82) is 0 Å². The lowest BCUT2D eigenvalue weighted by atomic mass is 10.2. The third kappa shape index (κ3) is 1.95. The van der Waals surface area contributed by atoms with Crippen LogP contribution in [-0.2, 0) is 9.84 Å². The highest BCUT2D eigenvalue weighted by Crippen LogP contribution is 2.20. The second-order valence-electron chi connectivity index (χ2n) is 3.50. The van der Waals surface area contributed by atoms with E-state index >= 15 is 0 Å². The van der Waals surface area contributed by atoms with Crippen molar-refractivity contribution in [2.45, 2.75) is 18.5 Å². The van der Waals surface area contributed by atoms with Crippen LogP contribution in [0, 0.1) is 0 Å². The fourth-order valence-electron chi connectivity index (χ4n) is 1.59. The zero-order valence-corrected chi connectivity index (χ0v) is 8.46. The second-order valence-corrected chi connectivity index (χ2v) is 6.80. The number of sulfone groups is 1. The van der Waals surface area contributed by atoms with Crippen molar-refractivity contribution in [2.75, 3.05) is 23.0 Å². The maximum Gasteiger partial charge on any atom is 0.151 e. The molecule has 0 aromatic rings. The van der Waals surface area contributed by atoms with Gasteiger partial charge in [0.05, 0.1) is 11.5 Å². The van der Waals surface area contributed by atoms with Crippen LogP contribution < -0.4 is 5.32 Å². The maximum atomic E-state index is 11.1. The van der Waals surface area contributed by atoms with Gasteiger partial charge in [0.2, 0.25) is 0 Å². The third-order valence-electron chi connectivity index (χ3n) is 2.34. The summed E-state index contributed by atoms with van der Waals surface area (Å²) in [7, 11) is -2.69. The highest BCUT2D eigenvalue weighted by atomic mass is 32.2. The first kappa shape index (κ1) is 8.84. The lowest BCUT2D eigenvalue weighted by Crippen LogP contribution is -2.46. The minimum absolute atomic E-state index is 0.237. The van der Waals surface area contributed by atoms with E-state index in [1.807, 2.05) is 11.8 Å². The molecule has 2 aliphatic rings. The summed E-state index contributed by atoms with van der Waals surface area (Å²) < 4.78 is 22.2. The Balaban J connectivity index is 1.83. The fraction of sp³-hybridized carbons (Fsp3) is 1.00. The fourth-order valence-corrected chi connectivity index (χ4v) is 3.94. The van der Waals surface area contributed by atoms with Crippen molar-refractivity contribution in [3.63, 3.8) is 0 Å². The van der Waals surface area contributed by atoms with Crippen LogP contribution in [0.5, 0.6) is 0 Å². The summed E-state index contributed by atoms with van der Waals surface area (Å²) in [6, 6.07) is 0.814. The third-order valence-corrected chi connectivity index (χ3v) is 5.39. The predicted molar refractivity (Wildman–Crippen MR) is 51.3 cm³/mol. The SMILES string of the molecule is O=S1(=O)CCC(NC2CSC2)C1.